The first kappa shape index (κ1) is 35.0. The minimum atomic E-state index is -1.60. The van der Waals surface area contributed by atoms with Crippen molar-refractivity contribution in [2.24, 2.45) is 23.7 Å². The molecule has 14 heteroatoms. The fourth-order valence-corrected chi connectivity index (χ4v) is 10.5. The molecule has 0 unspecified atom stereocenters. The van der Waals surface area contributed by atoms with Crippen molar-refractivity contribution in [1.82, 2.24) is 9.91 Å². The molecular weight excluding hydrogens is 841 g/mol. The molecule has 9 nitrogen and oxygen atoms in total. The van der Waals surface area contributed by atoms with Crippen LogP contribution >= 0.6 is 54.8 Å². The van der Waals surface area contributed by atoms with E-state index in [0.29, 0.717) is 26.3 Å². The molecule has 2 saturated heterocycles. The quantitative estimate of drug-likeness (QED) is 0.143. The lowest BCUT2D eigenvalue weighted by Gasteiger charge is -2.51. The van der Waals surface area contributed by atoms with Gasteiger partial charge in [-0.2, -0.15) is 5.01 Å². The van der Waals surface area contributed by atoms with Crippen LogP contribution in [0.2, 0.25) is 5.02 Å². The third-order valence-corrected chi connectivity index (χ3v) is 14.2. The Kier molecular flexibility index (Phi) is 8.83. The monoisotopic (exact) mass is 867 g/mol. The van der Waals surface area contributed by atoms with E-state index in [-0.39, 0.29) is 47.2 Å². The number of fused-ring (bicyclic) bond motifs is 4. The first-order valence-corrected chi connectivity index (χ1v) is 19.3. The van der Waals surface area contributed by atoms with Gasteiger partial charge in [0.2, 0.25) is 11.8 Å². The molecule has 2 aliphatic carbocycles. The molecule has 2 N–H and O–H groups in total. The Bertz CT molecular complexity index is 2180. The number of nitrogens with one attached hydrogen (secondary N) is 1. The highest BCUT2D eigenvalue weighted by molar-refractivity contribution is 9.13. The minimum Gasteiger partial charge on any atom is -0.503 e. The number of benzene rings is 3. The number of aromatic hydroxyl groups is 1. The van der Waals surface area contributed by atoms with Crippen molar-refractivity contribution in [1.29, 1.82) is 0 Å². The van der Waals surface area contributed by atoms with Gasteiger partial charge in [0.25, 0.3) is 11.8 Å². The Morgan fingerprint density at radius 3 is 2.40 bits per heavy atom. The van der Waals surface area contributed by atoms with Crippen molar-refractivity contribution < 1.29 is 33.4 Å². The normalized spacial score (nSPS) is 26.6. The van der Waals surface area contributed by atoms with Crippen LogP contribution in [0.5, 0.6) is 11.5 Å². The number of hydrazine groups is 1. The molecule has 3 heterocycles. The van der Waals surface area contributed by atoms with Crippen LogP contribution in [-0.4, -0.2) is 45.8 Å². The number of amides is 4. The van der Waals surface area contributed by atoms with Crippen LogP contribution in [-0.2, 0) is 31.1 Å². The van der Waals surface area contributed by atoms with Crippen molar-refractivity contribution in [3.8, 4) is 11.5 Å². The molecule has 1 saturated carbocycles. The fourth-order valence-electron chi connectivity index (χ4n) is 8.76. The molecule has 3 fully saturated rings. The summed E-state index contributed by atoms with van der Waals surface area (Å²) in [4.78, 5) is 60.7. The number of rotatable bonds is 7. The lowest BCUT2D eigenvalue weighted by Crippen LogP contribution is -2.53. The zero-order valence-electron chi connectivity index (χ0n) is 27.3. The third kappa shape index (κ3) is 5.18. The number of phenolic OH excluding ortho intramolecular Hbond substituents is 1. The molecule has 1 aromatic heterocycles. The molecule has 6 atom stereocenters. The number of likely N-dealkylation sites (tertiary alicyclic amines) is 1. The first-order chi connectivity index (χ1) is 25.0. The molecule has 4 amide bonds. The molecule has 52 heavy (non-hydrogen) atoms. The van der Waals surface area contributed by atoms with Gasteiger partial charge >= 0.3 is 0 Å². The molecule has 2 aliphatic heterocycles. The number of allylic oxidation sites excluding steroid dienone is 2. The second kappa shape index (κ2) is 13.1. The zero-order valence-corrected chi connectivity index (χ0v) is 32.1. The van der Waals surface area contributed by atoms with Gasteiger partial charge in [-0.25, -0.2) is 4.39 Å². The van der Waals surface area contributed by atoms with Crippen LogP contribution in [0.1, 0.15) is 34.8 Å². The van der Waals surface area contributed by atoms with Crippen molar-refractivity contribution >= 4 is 84.1 Å². The number of halogens is 4. The summed E-state index contributed by atoms with van der Waals surface area (Å²) in [6.45, 7) is 0.159. The molecule has 4 aromatic rings. The van der Waals surface area contributed by atoms with Gasteiger partial charge in [0.05, 0.1) is 47.0 Å². The van der Waals surface area contributed by atoms with Crippen molar-refractivity contribution in [3.63, 3.8) is 0 Å². The van der Waals surface area contributed by atoms with Gasteiger partial charge in [-0.15, -0.1) is 11.3 Å². The number of methoxy groups -OCH3 is 1. The molecular formula is C38H29Br2ClFN3O6S. The molecule has 0 spiro atoms. The second-order valence-electron chi connectivity index (χ2n) is 13.4. The lowest BCUT2D eigenvalue weighted by molar-refractivity contribution is -0.141. The average Bonchev–Trinajstić information content (AvgIpc) is 3.80. The summed E-state index contributed by atoms with van der Waals surface area (Å²) in [5, 5.41) is 14.3. The van der Waals surface area contributed by atoms with E-state index < -0.39 is 52.6 Å². The highest BCUT2D eigenvalue weighted by atomic mass is 79.9. The number of carbonyl (C=O) groups excluding carboxylic acids is 4. The number of thiophene rings is 1. The van der Waals surface area contributed by atoms with Crippen molar-refractivity contribution in [2.75, 3.05) is 12.5 Å². The van der Waals surface area contributed by atoms with Gasteiger partial charge in [0.1, 0.15) is 5.82 Å². The van der Waals surface area contributed by atoms with Gasteiger partial charge < -0.3 is 9.84 Å². The van der Waals surface area contributed by atoms with E-state index in [1.165, 1.54) is 47.6 Å². The SMILES string of the molecule is COc1cc([C@H]2C3=CC[C@@H]4C(=O)N(Cc5cccs5)C(=O)[C@@H]4[C@@H]3C[C@H]3C(=O)N(Nc4ccc(F)cc4)C(=O)[C@@]23c2ccc(Cl)cc2)c(Br)c(Br)c1O. The predicted molar refractivity (Wildman–Crippen MR) is 199 cm³/mol. The maximum absolute atomic E-state index is 15.4. The van der Waals surface area contributed by atoms with Crippen LogP contribution in [0.25, 0.3) is 0 Å². The number of anilines is 1. The molecule has 3 aromatic carbocycles. The van der Waals surface area contributed by atoms with E-state index in [0.717, 1.165) is 15.5 Å². The number of carbonyl (C=O) groups is 4. The minimum absolute atomic E-state index is 0.0954. The van der Waals surface area contributed by atoms with Crippen LogP contribution in [0, 0.1) is 29.5 Å². The van der Waals surface area contributed by atoms with E-state index in [1.54, 1.807) is 30.3 Å². The Balaban J connectivity index is 1.35. The molecule has 0 bridgehead atoms. The summed E-state index contributed by atoms with van der Waals surface area (Å²) < 4.78 is 20.2. The average molecular weight is 870 g/mol. The Labute approximate surface area is 323 Å². The summed E-state index contributed by atoms with van der Waals surface area (Å²) in [5.74, 6) is -6.11. The lowest BCUT2D eigenvalue weighted by atomic mass is 9.49. The Hall–Kier alpha value is -4.04. The van der Waals surface area contributed by atoms with E-state index in [4.69, 9.17) is 16.3 Å². The number of nitrogens with zero attached hydrogens (tertiary/aromatic N) is 2. The van der Waals surface area contributed by atoms with Crippen LogP contribution in [0.15, 0.2) is 92.7 Å². The third-order valence-electron chi connectivity index (χ3n) is 10.9. The van der Waals surface area contributed by atoms with E-state index in [1.807, 2.05) is 23.6 Å². The standard InChI is InChI=1S/C38H29Br2ClFN3O6S/c1-51-28-16-26(31(39)32(40)33(28)46)30-23-12-13-24-29(36(49)44(34(24)47)17-22-3-2-14-52-22)25(23)15-27-35(48)45(43-21-10-8-20(42)9-11-21)37(50)38(27,30)18-4-6-19(41)7-5-18/h2-12,14,16,24-25,27,29-30,43,46H,13,15,17H2,1H3/t24-,25+,27-,29-,30+,38+/m0/s1. The van der Waals surface area contributed by atoms with E-state index in [9.17, 15) is 23.9 Å². The van der Waals surface area contributed by atoms with Gasteiger partial charge in [-0.05, 0) is 116 Å². The van der Waals surface area contributed by atoms with Gasteiger partial charge in [-0.1, -0.05) is 41.4 Å². The molecule has 0 radical (unpaired) electrons. The Morgan fingerprint density at radius 1 is 1.00 bits per heavy atom. The maximum Gasteiger partial charge on any atom is 0.260 e. The van der Waals surface area contributed by atoms with Crippen LogP contribution in [0.4, 0.5) is 10.1 Å². The Morgan fingerprint density at radius 2 is 1.73 bits per heavy atom. The van der Waals surface area contributed by atoms with Crippen LogP contribution < -0.4 is 10.2 Å². The number of hydrogen-bond acceptors (Lipinski definition) is 8. The van der Waals surface area contributed by atoms with E-state index in [2.05, 4.69) is 37.3 Å². The maximum atomic E-state index is 15.4. The summed E-state index contributed by atoms with van der Waals surface area (Å²) in [7, 11) is 1.41. The summed E-state index contributed by atoms with van der Waals surface area (Å²) >= 11 is 15.0. The summed E-state index contributed by atoms with van der Waals surface area (Å²) in [5.41, 5.74) is 3.43. The number of phenols is 1. The molecule has 266 valence electrons. The largest absolute Gasteiger partial charge is 0.503 e. The fraction of sp³-hybridized carbons (Fsp3) is 0.263. The smallest absolute Gasteiger partial charge is 0.260 e. The zero-order chi connectivity index (χ0) is 36.6. The van der Waals surface area contributed by atoms with Gasteiger partial charge in [0, 0.05) is 20.3 Å². The topological polar surface area (TPSA) is 116 Å². The predicted octanol–water partition coefficient (Wildman–Crippen LogP) is 7.96. The highest BCUT2D eigenvalue weighted by Gasteiger charge is 2.70. The van der Waals surface area contributed by atoms with E-state index >= 15 is 4.79 Å². The molecule has 4 aliphatic rings. The number of ether oxygens (including phenoxy) is 1. The summed E-state index contributed by atoms with van der Waals surface area (Å²) in [6.07, 6.45) is 2.31. The van der Waals surface area contributed by atoms with Gasteiger partial charge in [0.15, 0.2) is 11.5 Å². The summed E-state index contributed by atoms with van der Waals surface area (Å²) in [6, 6.07) is 17.5. The van der Waals surface area contributed by atoms with Gasteiger partial charge in [-0.3, -0.25) is 29.5 Å². The number of hydrogen-bond donors (Lipinski definition) is 2. The highest BCUT2D eigenvalue weighted by Crippen LogP contribution is 2.65. The van der Waals surface area contributed by atoms with Crippen LogP contribution in [0.3, 0.4) is 0 Å². The molecule has 8 rings (SSSR count). The van der Waals surface area contributed by atoms with Crippen molar-refractivity contribution in [2.45, 2.75) is 30.7 Å². The number of imide groups is 2. The first-order valence-electron chi connectivity index (χ1n) is 16.5. The second-order valence-corrected chi connectivity index (χ2v) is 16.4. The van der Waals surface area contributed by atoms with Crippen molar-refractivity contribution in [3.05, 3.63) is 120 Å².